The summed E-state index contributed by atoms with van der Waals surface area (Å²) < 4.78 is 0. The molecular formula is C14H23IN4. The molecule has 0 unspecified atom stereocenters. The van der Waals surface area contributed by atoms with Gasteiger partial charge in [-0.25, -0.2) is 0 Å². The number of para-hydroxylation sites is 1. The van der Waals surface area contributed by atoms with Crippen LogP contribution >= 0.6 is 24.0 Å². The monoisotopic (exact) mass is 374 g/mol. The van der Waals surface area contributed by atoms with Crippen molar-refractivity contribution in [2.24, 2.45) is 10.7 Å². The zero-order valence-corrected chi connectivity index (χ0v) is 14.0. The van der Waals surface area contributed by atoms with E-state index in [1.165, 1.54) is 18.5 Å². The van der Waals surface area contributed by atoms with Crippen LogP contribution in [-0.2, 0) is 0 Å². The number of hydrogen-bond donors (Lipinski definition) is 1. The zero-order chi connectivity index (χ0) is 13.0. The molecule has 2 rings (SSSR count). The summed E-state index contributed by atoms with van der Waals surface area (Å²) in [5, 5.41) is 0. The van der Waals surface area contributed by atoms with Crippen LogP contribution in [0.25, 0.3) is 0 Å². The predicted molar refractivity (Wildman–Crippen MR) is 92.4 cm³/mol. The molecule has 1 aromatic rings. The molecule has 19 heavy (non-hydrogen) atoms. The standard InChI is InChI=1S/C14H22N4.HI/c1-17(12-6-4-3-5-7-12)11-10-16-14(15)18(2)13-8-9-13;/h3-7,13H,8-11H2,1-2H3,(H2,15,16);1H. The lowest BCUT2D eigenvalue weighted by Gasteiger charge is -2.20. The number of hydrogen-bond acceptors (Lipinski definition) is 2. The van der Waals surface area contributed by atoms with Crippen molar-refractivity contribution < 1.29 is 0 Å². The third kappa shape index (κ3) is 4.89. The van der Waals surface area contributed by atoms with Gasteiger partial charge in [-0.3, -0.25) is 4.99 Å². The van der Waals surface area contributed by atoms with Crippen LogP contribution in [0.1, 0.15) is 12.8 Å². The molecule has 0 atom stereocenters. The molecule has 1 aliphatic carbocycles. The van der Waals surface area contributed by atoms with Gasteiger partial charge in [-0.2, -0.15) is 0 Å². The Morgan fingerprint density at radius 3 is 2.47 bits per heavy atom. The summed E-state index contributed by atoms with van der Waals surface area (Å²) in [6.07, 6.45) is 2.49. The van der Waals surface area contributed by atoms with E-state index in [2.05, 4.69) is 34.0 Å². The largest absolute Gasteiger partial charge is 0.373 e. The third-order valence-electron chi connectivity index (χ3n) is 3.36. The van der Waals surface area contributed by atoms with Crippen molar-refractivity contribution in [2.75, 3.05) is 32.1 Å². The van der Waals surface area contributed by atoms with Crippen molar-refractivity contribution in [1.82, 2.24) is 4.90 Å². The topological polar surface area (TPSA) is 44.9 Å². The van der Waals surface area contributed by atoms with Crippen LogP contribution in [0, 0.1) is 0 Å². The summed E-state index contributed by atoms with van der Waals surface area (Å²) in [6, 6.07) is 10.9. The number of guanidine groups is 1. The first-order valence-electron chi connectivity index (χ1n) is 6.47. The lowest BCUT2D eigenvalue weighted by Crippen LogP contribution is -2.36. The number of nitrogens with two attached hydrogens (primary N) is 1. The Morgan fingerprint density at radius 2 is 1.89 bits per heavy atom. The molecule has 0 bridgehead atoms. The summed E-state index contributed by atoms with van der Waals surface area (Å²) >= 11 is 0. The van der Waals surface area contributed by atoms with Gasteiger partial charge >= 0.3 is 0 Å². The van der Waals surface area contributed by atoms with E-state index in [-0.39, 0.29) is 24.0 Å². The Kier molecular flexibility index (Phi) is 6.41. The van der Waals surface area contributed by atoms with E-state index in [9.17, 15) is 0 Å². The maximum absolute atomic E-state index is 5.94. The summed E-state index contributed by atoms with van der Waals surface area (Å²) in [5.41, 5.74) is 7.15. The minimum absolute atomic E-state index is 0. The van der Waals surface area contributed by atoms with E-state index in [4.69, 9.17) is 5.73 Å². The Balaban J connectivity index is 0.00000180. The fourth-order valence-electron chi connectivity index (χ4n) is 1.89. The number of aliphatic imine (C=N–C) groups is 1. The van der Waals surface area contributed by atoms with E-state index in [1.54, 1.807) is 0 Å². The number of nitrogens with zero attached hydrogens (tertiary/aromatic N) is 3. The lowest BCUT2D eigenvalue weighted by atomic mass is 10.3. The first-order chi connectivity index (χ1) is 8.68. The van der Waals surface area contributed by atoms with Gasteiger partial charge in [0.2, 0.25) is 0 Å². The van der Waals surface area contributed by atoms with Crippen molar-refractivity contribution in [3.8, 4) is 0 Å². The molecule has 0 aliphatic heterocycles. The fourth-order valence-corrected chi connectivity index (χ4v) is 1.89. The number of rotatable bonds is 5. The second kappa shape index (κ2) is 7.57. The molecule has 0 heterocycles. The highest BCUT2D eigenvalue weighted by molar-refractivity contribution is 14.0. The number of halogens is 1. The Bertz CT molecular complexity index is 403. The number of benzene rings is 1. The fraction of sp³-hybridized carbons (Fsp3) is 0.500. The Morgan fingerprint density at radius 1 is 1.26 bits per heavy atom. The molecule has 2 N–H and O–H groups in total. The van der Waals surface area contributed by atoms with Crippen LogP contribution in [0.5, 0.6) is 0 Å². The van der Waals surface area contributed by atoms with Crippen LogP contribution in [0.4, 0.5) is 5.69 Å². The summed E-state index contributed by atoms with van der Waals surface area (Å²) in [4.78, 5) is 8.70. The highest BCUT2D eigenvalue weighted by Crippen LogP contribution is 2.24. The molecular weight excluding hydrogens is 351 g/mol. The predicted octanol–water partition coefficient (Wildman–Crippen LogP) is 2.15. The first kappa shape index (κ1) is 16.1. The lowest BCUT2D eigenvalue weighted by molar-refractivity contribution is 0.487. The Labute approximate surface area is 132 Å². The van der Waals surface area contributed by atoms with Crippen LogP contribution in [0.3, 0.4) is 0 Å². The van der Waals surface area contributed by atoms with Crippen LogP contribution < -0.4 is 10.6 Å². The van der Waals surface area contributed by atoms with Crippen molar-refractivity contribution in [2.45, 2.75) is 18.9 Å². The molecule has 1 aliphatic rings. The van der Waals surface area contributed by atoms with E-state index in [0.717, 1.165) is 13.1 Å². The Hall–Kier alpha value is -0.980. The quantitative estimate of drug-likeness (QED) is 0.488. The van der Waals surface area contributed by atoms with Crippen molar-refractivity contribution in [3.05, 3.63) is 30.3 Å². The molecule has 4 nitrogen and oxygen atoms in total. The van der Waals surface area contributed by atoms with Crippen molar-refractivity contribution >= 4 is 35.6 Å². The van der Waals surface area contributed by atoms with Gasteiger partial charge in [0.1, 0.15) is 0 Å². The molecule has 0 aromatic heterocycles. The van der Waals surface area contributed by atoms with Gasteiger partial charge in [0.15, 0.2) is 5.96 Å². The van der Waals surface area contributed by atoms with Crippen LogP contribution in [0.15, 0.2) is 35.3 Å². The molecule has 106 valence electrons. The third-order valence-corrected chi connectivity index (χ3v) is 3.36. The maximum atomic E-state index is 5.94. The SMILES string of the molecule is CN(CCN=C(N)N(C)C1CC1)c1ccccc1.I. The second-order valence-corrected chi connectivity index (χ2v) is 4.84. The molecule has 0 saturated heterocycles. The summed E-state index contributed by atoms with van der Waals surface area (Å²) in [7, 11) is 4.10. The number of anilines is 1. The normalized spacial score (nSPS) is 14.7. The number of likely N-dealkylation sites (N-methyl/N-ethyl adjacent to an activating group) is 1. The second-order valence-electron chi connectivity index (χ2n) is 4.84. The van der Waals surface area contributed by atoms with Gasteiger partial charge in [-0.05, 0) is 25.0 Å². The van der Waals surface area contributed by atoms with Gasteiger partial charge in [-0.15, -0.1) is 24.0 Å². The van der Waals surface area contributed by atoms with Crippen molar-refractivity contribution in [1.29, 1.82) is 0 Å². The van der Waals surface area contributed by atoms with Crippen LogP contribution in [-0.4, -0.2) is 44.1 Å². The molecule has 0 amide bonds. The molecule has 1 fully saturated rings. The molecule has 1 aromatic carbocycles. The first-order valence-corrected chi connectivity index (χ1v) is 6.47. The highest BCUT2D eigenvalue weighted by Gasteiger charge is 2.27. The smallest absolute Gasteiger partial charge is 0.191 e. The molecule has 5 heteroatoms. The van der Waals surface area contributed by atoms with Gasteiger partial charge in [0, 0.05) is 32.4 Å². The average molecular weight is 374 g/mol. The summed E-state index contributed by atoms with van der Waals surface area (Å²) in [5.74, 6) is 0.666. The van der Waals surface area contributed by atoms with E-state index < -0.39 is 0 Å². The van der Waals surface area contributed by atoms with Gasteiger partial charge in [-0.1, -0.05) is 18.2 Å². The molecule has 1 saturated carbocycles. The van der Waals surface area contributed by atoms with Gasteiger partial charge < -0.3 is 15.5 Å². The zero-order valence-electron chi connectivity index (χ0n) is 11.6. The summed E-state index contributed by atoms with van der Waals surface area (Å²) in [6.45, 7) is 1.61. The van der Waals surface area contributed by atoms with Crippen molar-refractivity contribution in [3.63, 3.8) is 0 Å². The maximum Gasteiger partial charge on any atom is 0.191 e. The minimum atomic E-state index is 0. The molecule has 0 spiro atoms. The molecule has 0 radical (unpaired) electrons. The van der Waals surface area contributed by atoms with E-state index >= 15 is 0 Å². The van der Waals surface area contributed by atoms with Crippen LogP contribution in [0.2, 0.25) is 0 Å². The van der Waals surface area contributed by atoms with Gasteiger partial charge in [0.05, 0.1) is 6.54 Å². The average Bonchev–Trinajstić information content (AvgIpc) is 3.23. The van der Waals surface area contributed by atoms with E-state index in [0.29, 0.717) is 12.0 Å². The van der Waals surface area contributed by atoms with E-state index in [1.807, 2.05) is 25.2 Å². The minimum Gasteiger partial charge on any atom is -0.373 e. The van der Waals surface area contributed by atoms with Gasteiger partial charge in [0.25, 0.3) is 0 Å². The highest BCUT2D eigenvalue weighted by atomic mass is 127.